The number of carbonyl (C=O) groups excluding carboxylic acids is 1. The smallest absolute Gasteiger partial charge is 0.163 e. The van der Waals surface area contributed by atoms with Crippen LogP contribution in [0.5, 0.6) is 5.75 Å². The van der Waals surface area contributed by atoms with Gasteiger partial charge in [0.2, 0.25) is 0 Å². The molecule has 1 atom stereocenters. The molecule has 2 aromatic carbocycles. The standard InChI is InChI=1S/C20H26O2/c1-14(13-20(2,3)4)10-19(21)17-7-6-16-12-18(22-5)9-8-15(16)11-17/h6-9,11-12,14H,10,13H2,1-5H3. The van der Waals surface area contributed by atoms with Gasteiger partial charge in [0, 0.05) is 12.0 Å². The Morgan fingerprint density at radius 1 is 1.09 bits per heavy atom. The third-order valence-electron chi connectivity index (χ3n) is 3.86. The molecule has 2 aromatic rings. The maximum absolute atomic E-state index is 12.5. The molecule has 0 radical (unpaired) electrons. The van der Waals surface area contributed by atoms with Crippen molar-refractivity contribution in [3.63, 3.8) is 0 Å². The summed E-state index contributed by atoms with van der Waals surface area (Å²) in [6.45, 7) is 8.82. The molecule has 1 unspecified atom stereocenters. The van der Waals surface area contributed by atoms with Gasteiger partial charge >= 0.3 is 0 Å². The van der Waals surface area contributed by atoms with Gasteiger partial charge in [0.25, 0.3) is 0 Å². The molecular formula is C20H26O2. The highest BCUT2D eigenvalue weighted by atomic mass is 16.5. The first-order chi connectivity index (χ1) is 10.3. The molecule has 0 aromatic heterocycles. The Morgan fingerprint density at radius 2 is 1.73 bits per heavy atom. The van der Waals surface area contributed by atoms with Gasteiger partial charge in [0.15, 0.2) is 5.78 Å². The molecule has 0 saturated carbocycles. The number of Topliss-reactive ketones (excluding diaryl/α,β-unsaturated/α-hetero) is 1. The molecule has 2 rings (SSSR count). The minimum atomic E-state index is 0.231. The molecule has 2 nitrogen and oxygen atoms in total. The molecule has 0 N–H and O–H groups in total. The summed E-state index contributed by atoms with van der Waals surface area (Å²) in [4.78, 5) is 12.5. The first-order valence-electron chi connectivity index (χ1n) is 7.89. The van der Waals surface area contributed by atoms with Crippen LogP contribution >= 0.6 is 0 Å². The van der Waals surface area contributed by atoms with Crippen molar-refractivity contribution in [1.29, 1.82) is 0 Å². The quantitative estimate of drug-likeness (QED) is 0.682. The van der Waals surface area contributed by atoms with Crippen LogP contribution in [-0.2, 0) is 0 Å². The molecule has 0 saturated heterocycles. The average Bonchev–Trinajstić information content (AvgIpc) is 2.43. The van der Waals surface area contributed by atoms with Crippen LogP contribution in [0, 0.1) is 11.3 Å². The lowest BCUT2D eigenvalue weighted by molar-refractivity contribution is 0.0954. The Morgan fingerprint density at radius 3 is 2.36 bits per heavy atom. The van der Waals surface area contributed by atoms with Crippen molar-refractivity contribution in [2.75, 3.05) is 7.11 Å². The monoisotopic (exact) mass is 298 g/mol. The van der Waals surface area contributed by atoms with Crippen LogP contribution < -0.4 is 4.74 Å². The predicted molar refractivity (Wildman–Crippen MR) is 92.7 cm³/mol. The van der Waals surface area contributed by atoms with Gasteiger partial charge in [0.1, 0.15) is 5.75 Å². The normalized spacial score (nSPS) is 13.1. The van der Waals surface area contributed by atoms with E-state index in [0.29, 0.717) is 12.3 Å². The van der Waals surface area contributed by atoms with Crippen LogP contribution in [0.2, 0.25) is 0 Å². The van der Waals surface area contributed by atoms with E-state index in [-0.39, 0.29) is 11.2 Å². The topological polar surface area (TPSA) is 26.3 Å². The van der Waals surface area contributed by atoms with Gasteiger partial charge in [-0.2, -0.15) is 0 Å². The van der Waals surface area contributed by atoms with Crippen LogP contribution in [-0.4, -0.2) is 12.9 Å². The van der Waals surface area contributed by atoms with E-state index in [9.17, 15) is 4.79 Å². The van der Waals surface area contributed by atoms with Gasteiger partial charge in [-0.15, -0.1) is 0 Å². The van der Waals surface area contributed by atoms with Crippen LogP contribution in [0.3, 0.4) is 0 Å². The lowest BCUT2D eigenvalue weighted by atomic mass is 9.83. The summed E-state index contributed by atoms with van der Waals surface area (Å²) in [5.41, 5.74) is 1.07. The molecule has 118 valence electrons. The maximum Gasteiger partial charge on any atom is 0.163 e. The first-order valence-corrected chi connectivity index (χ1v) is 7.89. The van der Waals surface area contributed by atoms with Crippen molar-refractivity contribution in [2.45, 2.75) is 40.5 Å². The van der Waals surface area contributed by atoms with E-state index in [1.807, 2.05) is 36.4 Å². The van der Waals surface area contributed by atoms with E-state index >= 15 is 0 Å². The summed E-state index contributed by atoms with van der Waals surface area (Å²) in [6.07, 6.45) is 1.67. The van der Waals surface area contributed by atoms with Crippen molar-refractivity contribution in [3.8, 4) is 5.75 Å². The predicted octanol–water partition coefficient (Wildman–Crippen LogP) is 5.49. The van der Waals surface area contributed by atoms with Crippen LogP contribution in [0.15, 0.2) is 36.4 Å². The van der Waals surface area contributed by atoms with Crippen molar-refractivity contribution in [3.05, 3.63) is 42.0 Å². The highest BCUT2D eigenvalue weighted by molar-refractivity contribution is 6.00. The Labute approximate surface area is 133 Å². The van der Waals surface area contributed by atoms with E-state index < -0.39 is 0 Å². The van der Waals surface area contributed by atoms with Gasteiger partial charge in [-0.25, -0.2) is 0 Å². The van der Waals surface area contributed by atoms with Crippen LogP contribution in [0.4, 0.5) is 0 Å². The second kappa shape index (κ2) is 6.51. The highest BCUT2D eigenvalue weighted by Crippen LogP contribution is 2.28. The minimum absolute atomic E-state index is 0.231. The second-order valence-corrected chi connectivity index (χ2v) is 7.43. The Bertz CT molecular complexity index is 665. The molecule has 0 fully saturated rings. The van der Waals surface area contributed by atoms with E-state index in [4.69, 9.17) is 4.74 Å². The number of fused-ring (bicyclic) bond motifs is 1. The zero-order valence-corrected chi connectivity index (χ0v) is 14.3. The summed E-state index contributed by atoms with van der Waals surface area (Å²) in [6, 6.07) is 11.8. The molecule has 0 aliphatic rings. The van der Waals surface area contributed by atoms with Crippen molar-refractivity contribution < 1.29 is 9.53 Å². The van der Waals surface area contributed by atoms with Crippen molar-refractivity contribution in [2.24, 2.45) is 11.3 Å². The maximum atomic E-state index is 12.5. The van der Waals surface area contributed by atoms with Gasteiger partial charge in [-0.3, -0.25) is 4.79 Å². The number of hydrogen-bond acceptors (Lipinski definition) is 2. The van der Waals surface area contributed by atoms with E-state index in [0.717, 1.165) is 28.5 Å². The zero-order valence-electron chi connectivity index (χ0n) is 14.3. The van der Waals surface area contributed by atoms with E-state index in [1.54, 1.807) is 7.11 Å². The van der Waals surface area contributed by atoms with Crippen LogP contribution in [0.1, 0.15) is 50.9 Å². The molecule has 22 heavy (non-hydrogen) atoms. The Balaban J connectivity index is 2.15. The largest absolute Gasteiger partial charge is 0.497 e. The fourth-order valence-corrected chi connectivity index (χ4v) is 3.08. The summed E-state index contributed by atoms with van der Waals surface area (Å²) < 4.78 is 5.23. The lowest BCUT2D eigenvalue weighted by Crippen LogP contribution is -2.14. The van der Waals surface area contributed by atoms with Crippen molar-refractivity contribution >= 4 is 16.6 Å². The number of hydrogen-bond donors (Lipinski definition) is 0. The number of rotatable bonds is 5. The first kappa shape index (κ1) is 16.5. The number of ketones is 1. The van der Waals surface area contributed by atoms with Gasteiger partial charge < -0.3 is 4.74 Å². The van der Waals surface area contributed by atoms with E-state index in [1.165, 1.54) is 0 Å². The van der Waals surface area contributed by atoms with Gasteiger partial charge in [-0.1, -0.05) is 45.9 Å². The Hall–Kier alpha value is -1.83. The lowest BCUT2D eigenvalue weighted by Gasteiger charge is -2.22. The molecule has 0 heterocycles. The molecule has 0 aliphatic heterocycles. The summed E-state index contributed by atoms with van der Waals surface area (Å²) >= 11 is 0. The molecule has 0 spiro atoms. The van der Waals surface area contributed by atoms with Crippen molar-refractivity contribution in [1.82, 2.24) is 0 Å². The highest BCUT2D eigenvalue weighted by Gasteiger charge is 2.18. The molecule has 0 bridgehead atoms. The Kier molecular flexibility index (Phi) is 4.90. The molecule has 2 heteroatoms. The third kappa shape index (κ3) is 4.33. The van der Waals surface area contributed by atoms with E-state index in [2.05, 4.69) is 27.7 Å². The fourth-order valence-electron chi connectivity index (χ4n) is 3.08. The SMILES string of the molecule is COc1ccc2cc(C(=O)CC(C)CC(C)(C)C)ccc2c1. The number of methoxy groups -OCH3 is 1. The zero-order chi connectivity index (χ0) is 16.3. The average molecular weight is 298 g/mol. The second-order valence-electron chi connectivity index (χ2n) is 7.43. The third-order valence-corrected chi connectivity index (χ3v) is 3.86. The fraction of sp³-hybridized carbons (Fsp3) is 0.450. The summed E-state index contributed by atoms with van der Waals surface area (Å²) in [5.74, 6) is 1.47. The minimum Gasteiger partial charge on any atom is -0.497 e. The molecule has 0 aliphatic carbocycles. The number of benzene rings is 2. The van der Waals surface area contributed by atoms with Gasteiger partial charge in [0.05, 0.1) is 7.11 Å². The number of ether oxygens (including phenoxy) is 1. The molecule has 0 amide bonds. The molecular weight excluding hydrogens is 272 g/mol. The van der Waals surface area contributed by atoms with Gasteiger partial charge in [-0.05, 0) is 46.7 Å². The number of carbonyl (C=O) groups is 1. The summed E-state index contributed by atoms with van der Waals surface area (Å²) in [7, 11) is 1.66. The summed E-state index contributed by atoms with van der Waals surface area (Å²) in [5, 5.41) is 2.17. The van der Waals surface area contributed by atoms with Crippen LogP contribution in [0.25, 0.3) is 10.8 Å².